The summed E-state index contributed by atoms with van der Waals surface area (Å²) >= 11 is 3.37. The number of hydrogen-bond donors (Lipinski definition) is 2. The van der Waals surface area contributed by atoms with Crippen LogP contribution in [0.5, 0.6) is 0 Å². The zero-order valence-corrected chi connectivity index (χ0v) is 12.6. The van der Waals surface area contributed by atoms with Gasteiger partial charge in [0.05, 0.1) is 0 Å². The second kappa shape index (κ2) is 5.20. The number of hydrazone groups is 1. The van der Waals surface area contributed by atoms with E-state index in [9.17, 15) is 0 Å². The highest BCUT2D eigenvalue weighted by atomic mass is 79.9. The van der Waals surface area contributed by atoms with Crippen molar-refractivity contribution in [1.82, 2.24) is 15.3 Å². The van der Waals surface area contributed by atoms with E-state index in [4.69, 9.17) is 5.41 Å². The molecule has 2 aliphatic heterocycles. The van der Waals surface area contributed by atoms with Crippen molar-refractivity contribution in [3.63, 3.8) is 0 Å². The van der Waals surface area contributed by atoms with Crippen LogP contribution in [0.25, 0.3) is 0 Å². The van der Waals surface area contributed by atoms with Crippen molar-refractivity contribution < 1.29 is 0 Å². The van der Waals surface area contributed by atoms with Crippen LogP contribution in [0.4, 0.5) is 0 Å². The molecule has 0 aromatic carbocycles. The van der Waals surface area contributed by atoms with E-state index >= 15 is 0 Å². The molecule has 20 heavy (non-hydrogen) atoms. The predicted molar refractivity (Wildman–Crippen MR) is 82.2 cm³/mol. The Morgan fingerprint density at radius 2 is 2.30 bits per heavy atom. The summed E-state index contributed by atoms with van der Waals surface area (Å²) in [6.07, 6.45) is 5.23. The molecule has 0 aliphatic carbocycles. The molecule has 0 bridgehead atoms. The number of allylic oxidation sites excluding steroid dienone is 2. The molecule has 3 heterocycles. The molecule has 0 spiro atoms. The Balaban J connectivity index is 1.92. The van der Waals surface area contributed by atoms with Crippen LogP contribution >= 0.6 is 15.9 Å². The van der Waals surface area contributed by atoms with Crippen LogP contribution in [0, 0.1) is 5.41 Å². The zero-order chi connectivity index (χ0) is 14.1. The average Bonchev–Trinajstić information content (AvgIpc) is 2.43. The predicted octanol–water partition coefficient (Wildman–Crippen LogP) is 2.77. The van der Waals surface area contributed by atoms with Gasteiger partial charge in [-0.1, -0.05) is 6.07 Å². The Labute approximate surface area is 125 Å². The monoisotopic (exact) mass is 331 g/mol. The maximum atomic E-state index is 8.34. The van der Waals surface area contributed by atoms with E-state index in [-0.39, 0.29) is 0 Å². The van der Waals surface area contributed by atoms with Crippen LogP contribution in [0.3, 0.4) is 0 Å². The van der Waals surface area contributed by atoms with Crippen molar-refractivity contribution in [2.45, 2.75) is 19.8 Å². The molecule has 3 rings (SSSR count). The lowest BCUT2D eigenvalue weighted by molar-refractivity contribution is 0.484. The number of halogens is 1. The first kappa shape index (κ1) is 13.1. The topological polar surface area (TPSA) is 64.4 Å². The summed E-state index contributed by atoms with van der Waals surface area (Å²) in [5, 5.41) is 17.5. The minimum Gasteiger partial charge on any atom is -0.344 e. The van der Waals surface area contributed by atoms with Crippen molar-refractivity contribution in [2.75, 3.05) is 0 Å². The fraction of sp³-hybridized carbons (Fsp3) is 0.214. The third-order valence-electron chi connectivity index (χ3n) is 3.24. The Hall–Kier alpha value is -1.95. The number of fused-ring (bicyclic) bond motifs is 1. The molecule has 0 fully saturated rings. The van der Waals surface area contributed by atoms with Crippen molar-refractivity contribution in [1.29, 1.82) is 5.41 Å². The number of rotatable bonds is 2. The van der Waals surface area contributed by atoms with Gasteiger partial charge in [0.2, 0.25) is 0 Å². The maximum absolute atomic E-state index is 8.34. The van der Waals surface area contributed by atoms with Crippen LogP contribution in [0.2, 0.25) is 0 Å². The van der Waals surface area contributed by atoms with E-state index in [1.54, 1.807) is 11.2 Å². The Bertz CT molecular complexity index is 659. The van der Waals surface area contributed by atoms with E-state index in [0.717, 1.165) is 33.8 Å². The molecule has 0 radical (unpaired) electrons. The van der Waals surface area contributed by atoms with E-state index < -0.39 is 0 Å². The molecule has 0 atom stereocenters. The van der Waals surface area contributed by atoms with Crippen LogP contribution < -0.4 is 5.32 Å². The van der Waals surface area contributed by atoms with Gasteiger partial charge in [-0.2, -0.15) is 10.1 Å². The van der Waals surface area contributed by atoms with E-state index in [0.29, 0.717) is 12.3 Å². The minimum atomic E-state index is 0.408. The van der Waals surface area contributed by atoms with Crippen LogP contribution in [-0.4, -0.2) is 22.0 Å². The SMILES string of the molecule is CC1=C(Cc2cccc(Br)n2)C(=N)N2N=CCC=C2N1. The van der Waals surface area contributed by atoms with Gasteiger partial charge in [0, 0.05) is 36.0 Å². The first-order chi connectivity index (χ1) is 9.65. The quantitative estimate of drug-likeness (QED) is 0.819. The van der Waals surface area contributed by atoms with Gasteiger partial charge in [-0.15, -0.1) is 0 Å². The second-order valence-corrected chi connectivity index (χ2v) is 5.45. The molecule has 5 nitrogen and oxygen atoms in total. The van der Waals surface area contributed by atoms with E-state index in [1.807, 2.05) is 31.2 Å². The third kappa shape index (κ3) is 2.38. The van der Waals surface area contributed by atoms with E-state index in [2.05, 4.69) is 31.3 Å². The highest BCUT2D eigenvalue weighted by Crippen LogP contribution is 2.24. The van der Waals surface area contributed by atoms with Gasteiger partial charge in [-0.05, 0) is 41.1 Å². The number of nitrogens with zero attached hydrogens (tertiary/aromatic N) is 3. The Morgan fingerprint density at radius 3 is 3.10 bits per heavy atom. The number of pyridine rings is 1. The maximum Gasteiger partial charge on any atom is 0.153 e. The molecular formula is C14H14BrN5. The summed E-state index contributed by atoms with van der Waals surface area (Å²) in [5.41, 5.74) is 2.82. The summed E-state index contributed by atoms with van der Waals surface area (Å²) in [5.74, 6) is 1.27. The summed E-state index contributed by atoms with van der Waals surface area (Å²) < 4.78 is 0.806. The number of aromatic nitrogens is 1. The van der Waals surface area contributed by atoms with Crippen molar-refractivity contribution in [3.8, 4) is 0 Å². The largest absolute Gasteiger partial charge is 0.344 e. The van der Waals surface area contributed by atoms with Crippen LogP contribution in [0.15, 0.2) is 51.1 Å². The lowest BCUT2D eigenvalue weighted by Crippen LogP contribution is -2.40. The van der Waals surface area contributed by atoms with Gasteiger partial charge in [0.15, 0.2) is 5.84 Å². The average molecular weight is 332 g/mol. The molecule has 2 N–H and O–H groups in total. The fourth-order valence-corrected chi connectivity index (χ4v) is 2.62. The second-order valence-electron chi connectivity index (χ2n) is 4.64. The Morgan fingerprint density at radius 1 is 1.45 bits per heavy atom. The molecule has 0 saturated heterocycles. The minimum absolute atomic E-state index is 0.408. The fourth-order valence-electron chi connectivity index (χ4n) is 2.24. The molecular weight excluding hydrogens is 318 g/mol. The zero-order valence-electron chi connectivity index (χ0n) is 11.0. The number of hydrogen-bond acceptors (Lipinski definition) is 4. The van der Waals surface area contributed by atoms with Crippen LogP contribution in [-0.2, 0) is 6.42 Å². The summed E-state index contributed by atoms with van der Waals surface area (Å²) in [4.78, 5) is 4.43. The van der Waals surface area contributed by atoms with Gasteiger partial charge in [0.1, 0.15) is 10.4 Å². The van der Waals surface area contributed by atoms with E-state index in [1.165, 1.54) is 0 Å². The lowest BCUT2D eigenvalue weighted by atomic mass is 10.0. The summed E-state index contributed by atoms with van der Waals surface area (Å²) in [6, 6.07) is 5.81. The molecule has 2 aliphatic rings. The summed E-state index contributed by atoms with van der Waals surface area (Å²) in [6.45, 7) is 1.98. The molecule has 1 aromatic heterocycles. The summed E-state index contributed by atoms with van der Waals surface area (Å²) in [7, 11) is 0. The van der Waals surface area contributed by atoms with Gasteiger partial charge < -0.3 is 5.32 Å². The standard InChI is InChI=1S/C14H14BrN5/c1-9-11(8-10-4-2-5-12(15)19-10)14(16)20-13(18-9)6-3-7-17-20/h2,4-7,16,18H,3,8H2,1H3. The van der Waals surface area contributed by atoms with Crippen LogP contribution in [0.1, 0.15) is 19.0 Å². The number of nitrogens with one attached hydrogen (secondary N) is 2. The third-order valence-corrected chi connectivity index (χ3v) is 3.68. The molecule has 6 heteroatoms. The Kier molecular flexibility index (Phi) is 3.40. The number of amidine groups is 1. The first-order valence-electron chi connectivity index (χ1n) is 6.35. The van der Waals surface area contributed by atoms with Gasteiger partial charge in [-0.3, -0.25) is 5.41 Å². The van der Waals surface area contributed by atoms with Crippen molar-refractivity contribution in [3.05, 3.63) is 51.7 Å². The highest BCUT2D eigenvalue weighted by Gasteiger charge is 2.26. The first-order valence-corrected chi connectivity index (χ1v) is 7.14. The molecule has 1 aromatic rings. The van der Waals surface area contributed by atoms with Gasteiger partial charge in [-0.25, -0.2) is 4.98 Å². The lowest BCUT2D eigenvalue weighted by Gasteiger charge is -2.32. The van der Waals surface area contributed by atoms with Gasteiger partial charge >= 0.3 is 0 Å². The molecule has 0 saturated carbocycles. The highest BCUT2D eigenvalue weighted by molar-refractivity contribution is 9.10. The van der Waals surface area contributed by atoms with Gasteiger partial charge in [0.25, 0.3) is 0 Å². The molecule has 0 amide bonds. The normalized spacial score (nSPS) is 17.8. The smallest absolute Gasteiger partial charge is 0.153 e. The molecule has 102 valence electrons. The van der Waals surface area contributed by atoms with Crippen molar-refractivity contribution >= 4 is 28.0 Å². The molecule has 0 unspecified atom stereocenters. The van der Waals surface area contributed by atoms with Crippen molar-refractivity contribution in [2.24, 2.45) is 5.10 Å².